The summed E-state index contributed by atoms with van der Waals surface area (Å²) in [7, 11) is 3.53. The smallest absolute Gasteiger partial charge is 0.270 e. The third-order valence-electron chi connectivity index (χ3n) is 5.20. The number of hydrogen-bond acceptors (Lipinski definition) is 8. The molecule has 0 atom stereocenters. The first kappa shape index (κ1) is 33.9. The second kappa shape index (κ2) is 18.2. The van der Waals surface area contributed by atoms with Gasteiger partial charge in [0, 0.05) is 51.2 Å². The fraction of sp³-hybridized carbons (Fsp3) is 0.464. The molecule has 1 aromatic carbocycles. The van der Waals surface area contributed by atoms with Crippen LogP contribution in [0, 0.1) is 0 Å². The quantitative estimate of drug-likeness (QED) is 0.314. The monoisotopic (exact) mass is 580 g/mol. The Hall–Kier alpha value is -2.11. The van der Waals surface area contributed by atoms with Crippen LogP contribution in [0.5, 0.6) is 0 Å². The van der Waals surface area contributed by atoms with E-state index in [0.717, 1.165) is 29.3 Å². The van der Waals surface area contributed by atoms with Crippen LogP contribution in [0.15, 0.2) is 46.9 Å². The molecule has 3 rings (SSSR count). The van der Waals surface area contributed by atoms with Crippen molar-refractivity contribution in [2.45, 2.75) is 40.7 Å². The molecule has 2 heterocycles. The van der Waals surface area contributed by atoms with E-state index in [1.165, 1.54) is 20.9 Å². The second-order valence-electron chi connectivity index (χ2n) is 8.03. The highest BCUT2D eigenvalue weighted by Gasteiger charge is 2.29. The zero-order valence-corrected chi connectivity index (χ0v) is 26.5. The zero-order valence-electron chi connectivity index (χ0n) is 24.0. The highest BCUT2D eigenvalue weighted by molar-refractivity contribution is 8.19. The van der Waals surface area contributed by atoms with Crippen molar-refractivity contribution in [3.05, 3.63) is 62.3 Å². The summed E-state index contributed by atoms with van der Waals surface area (Å²) in [6.45, 7) is 10.4. The zero-order chi connectivity index (χ0) is 28.6. The SMILES string of the molecule is CC.CCCN(c1cccc(/C=C/c2ncc(CN(C)CC)s2)c1NC)S(=O)(=O)C1=CC=CCS1.COC. The van der Waals surface area contributed by atoms with Gasteiger partial charge in [0.2, 0.25) is 0 Å². The number of nitrogens with zero attached hydrogens (tertiary/aromatic N) is 3. The number of anilines is 2. The van der Waals surface area contributed by atoms with Crippen molar-refractivity contribution in [3.63, 3.8) is 0 Å². The molecule has 0 fully saturated rings. The summed E-state index contributed by atoms with van der Waals surface area (Å²) in [6.07, 6.45) is 12.1. The number of sulfonamides is 1. The van der Waals surface area contributed by atoms with Gasteiger partial charge in [-0.25, -0.2) is 13.4 Å². The van der Waals surface area contributed by atoms with Gasteiger partial charge in [-0.3, -0.25) is 4.31 Å². The minimum Gasteiger partial charge on any atom is -0.388 e. The second-order valence-corrected chi connectivity index (χ2v) is 12.3. The van der Waals surface area contributed by atoms with Crippen LogP contribution >= 0.6 is 23.1 Å². The summed E-state index contributed by atoms with van der Waals surface area (Å²) in [6, 6.07) is 5.75. The maximum Gasteiger partial charge on any atom is 0.270 e. The fourth-order valence-corrected chi connectivity index (χ4v) is 7.23. The van der Waals surface area contributed by atoms with E-state index in [0.29, 0.717) is 28.6 Å². The largest absolute Gasteiger partial charge is 0.388 e. The highest BCUT2D eigenvalue weighted by atomic mass is 32.3. The molecule has 0 bridgehead atoms. The van der Waals surface area contributed by atoms with Gasteiger partial charge in [-0.05, 0) is 49.9 Å². The number of thioether (sulfide) groups is 1. The van der Waals surface area contributed by atoms with E-state index >= 15 is 0 Å². The molecule has 38 heavy (non-hydrogen) atoms. The van der Waals surface area contributed by atoms with Crippen LogP contribution in [-0.2, 0) is 21.3 Å². The molecule has 1 aliphatic rings. The first-order chi connectivity index (χ1) is 18.3. The summed E-state index contributed by atoms with van der Waals surface area (Å²) in [5.41, 5.74) is 2.35. The van der Waals surface area contributed by atoms with Gasteiger partial charge in [0.15, 0.2) is 0 Å². The van der Waals surface area contributed by atoms with Gasteiger partial charge in [0.05, 0.1) is 11.4 Å². The number of aromatic nitrogens is 1. The van der Waals surface area contributed by atoms with Gasteiger partial charge in [0.25, 0.3) is 10.0 Å². The molecular weight excluding hydrogens is 537 g/mol. The number of ether oxygens (including phenoxy) is 1. The van der Waals surface area contributed by atoms with E-state index in [-0.39, 0.29) is 0 Å². The summed E-state index contributed by atoms with van der Waals surface area (Å²) in [5.74, 6) is 0.663. The maximum atomic E-state index is 13.5. The number of rotatable bonds is 11. The summed E-state index contributed by atoms with van der Waals surface area (Å²) >= 11 is 3.02. The molecule has 10 heteroatoms. The van der Waals surface area contributed by atoms with Crippen molar-refractivity contribution < 1.29 is 13.2 Å². The molecule has 2 aromatic rings. The Kier molecular flexibility index (Phi) is 16.3. The van der Waals surface area contributed by atoms with E-state index in [9.17, 15) is 8.42 Å². The van der Waals surface area contributed by atoms with E-state index < -0.39 is 10.0 Å². The van der Waals surface area contributed by atoms with Crippen LogP contribution in [0.4, 0.5) is 11.4 Å². The number of para-hydroxylation sites is 1. The third-order valence-corrected chi connectivity index (χ3v) is 9.51. The molecular formula is C28H44N4O3S3. The molecule has 1 aliphatic heterocycles. The Morgan fingerprint density at radius 1 is 1.18 bits per heavy atom. The number of methoxy groups -OCH3 is 1. The van der Waals surface area contributed by atoms with Crippen molar-refractivity contribution in [2.75, 3.05) is 56.8 Å². The lowest BCUT2D eigenvalue weighted by Crippen LogP contribution is -2.33. The lowest BCUT2D eigenvalue weighted by Gasteiger charge is -2.28. The van der Waals surface area contributed by atoms with Crippen LogP contribution in [0.3, 0.4) is 0 Å². The number of allylic oxidation sites excluding steroid dienone is 2. The van der Waals surface area contributed by atoms with E-state index in [1.807, 2.05) is 76.5 Å². The van der Waals surface area contributed by atoms with Crippen molar-refractivity contribution in [3.8, 4) is 0 Å². The fourth-order valence-electron chi connectivity index (χ4n) is 3.41. The molecule has 1 N–H and O–H groups in total. The van der Waals surface area contributed by atoms with Crippen LogP contribution in [0.25, 0.3) is 12.2 Å². The predicted octanol–water partition coefficient (Wildman–Crippen LogP) is 6.79. The average molecular weight is 581 g/mol. The molecule has 0 unspecified atom stereocenters. The van der Waals surface area contributed by atoms with Gasteiger partial charge < -0.3 is 15.0 Å². The van der Waals surface area contributed by atoms with Crippen molar-refractivity contribution in [1.29, 1.82) is 0 Å². The number of thiazole rings is 1. The Morgan fingerprint density at radius 3 is 2.47 bits per heavy atom. The minimum absolute atomic E-state index is 0.383. The Labute approximate surface area is 238 Å². The number of hydrogen-bond donors (Lipinski definition) is 1. The minimum atomic E-state index is -3.64. The average Bonchev–Trinajstić information content (AvgIpc) is 3.39. The van der Waals surface area contributed by atoms with Crippen molar-refractivity contribution in [2.24, 2.45) is 0 Å². The van der Waals surface area contributed by atoms with Crippen LogP contribution in [0.1, 0.15) is 49.6 Å². The molecule has 7 nitrogen and oxygen atoms in total. The maximum absolute atomic E-state index is 13.5. The molecule has 0 amide bonds. The normalized spacial score (nSPS) is 12.9. The third kappa shape index (κ3) is 9.89. The highest BCUT2D eigenvalue weighted by Crippen LogP contribution is 2.37. The summed E-state index contributed by atoms with van der Waals surface area (Å²) in [5, 5.41) is 4.16. The van der Waals surface area contributed by atoms with E-state index in [4.69, 9.17) is 0 Å². The molecule has 0 spiro atoms. The van der Waals surface area contributed by atoms with Crippen molar-refractivity contribution in [1.82, 2.24) is 9.88 Å². The van der Waals surface area contributed by atoms with Gasteiger partial charge in [0.1, 0.15) is 9.24 Å². The molecule has 0 aliphatic carbocycles. The van der Waals surface area contributed by atoms with Crippen LogP contribution < -0.4 is 9.62 Å². The molecule has 1 aromatic heterocycles. The Balaban J connectivity index is 0.00000135. The van der Waals surface area contributed by atoms with E-state index in [1.54, 1.807) is 31.6 Å². The standard InChI is InChI=1S/C24H32N4O2S3.C2H6O.C2H6/c1-5-15-28(33(29,30)23-12-7-8-16-31-23)21-11-9-10-19(24(21)25-3)13-14-22-26-17-20(32-22)18-27(4)6-2;1-3-2;1-2/h7-14,17,25H,5-6,15-16,18H2,1-4H3;1-2H3;1-2H3/b14-13+;;. The topological polar surface area (TPSA) is 74.8 Å². The molecule has 0 saturated heterocycles. The first-order valence-electron chi connectivity index (χ1n) is 12.9. The Bertz CT molecular complexity index is 1160. The van der Waals surface area contributed by atoms with Gasteiger partial charge >= 0.3 is 0 Å². The lowest BCUT2D eigenvalue weighted by molar-refractivity contribution is 0.277. The molecule has 0 radical (unpaired) electrons. The van der Waals surface area contributed by atoms with Crippen molar-refractivity contribution >= 4 is 56.6 Å². The number of benzene rings is 1. The summed E-state index contributed by atoms with van der Waals surface area (Å²) < 4.78 is 33.1. The number of nitrogens with one attached hydrogen (secondary N) is 1. The van der Waals surface area contributed by atoms with E-state index in [2.05, 4.69) is 33.9 Å². The Morgan fingerprint density at radius 2 is 1.89 bits per heavy atom. The van der Waals surface area contributed by atoms with Gasteiger partial charge in [-0.1, -0.05) is 52.0 Å². The van der Waals surface area contributed by atoms with Gasteiger partial charge in [-0.2, -0.15) is 0 Å². The summed E-state index contributed by atoms with van der Waals surface area (Å²) in [4.78, 5) is 7.98. The lowest BCUT2D eigenvalue weighted by atomic mass is 10.1. The molecule has 212 valence electrons. The van der Waals surface area contributed by atoms with Gasteiger partial charge in [-0.15, -0.1) is 23.1 Å². The van der Waals surface area contributed by atoms with Crippen LogP contribution in [0.2, 0.25) is 0 Å². The first-order valence-corrected chi connectivity index (χ1v) is 16.1. The molecule has 0 saturated carbocycles. The van der Waals surface area contributed by atoms with Crippen LogP contribution in [-0.4, -0.2) is 65.5 Å². The predicted molar refractivity (Wildman–Crippen MR) is 170 cm³/mol.